The van der Waals surface area contributed by atoms with E-state index in [4.69, 9.17) is 0 Å². The Balaban J connectivity index is 0. The van der Waals surface area contributed by atoms with Crippen molar-refractivity contribution in [1.82, 2.24) is 0 Å². The molecule has 0 radical (unpaired) electrons. The molecule has 1 fully saturated rings. The zero-order valence-electron chi connectivity index (χ0n) is 13.4. The fourth-order valence-corrected chi connectivity index (χ4v) is 2.51. The van der Waals surface area contributed by atoms with Crippen LogP contribution in [0.3, 0.4) is 0 Å². The molecule has 0 spiro atoms. The fourth-order valence-electron chi connectivity index (χ4n) is 2.51. The maximum atomic E-state index is 13.1. The van der Waals surface area contributed by atoms with Crippen molar-refractivity contribution in [3.8, 4) is 0 Å². The highest BCUT2D eigenvalue weighted by molar-refractivity contribution is 4.87. The van der Waals surface area contributed by atoms with Gasteiger partial charge in [0.05, 0.1) is 0 Å². The Hall–Kier alpha value is -0.280. The zero-order chi connectivity index (χ0) is 15.9. The normalized spacial score (nSPS) is 27.3. The highest BCUT2D eigenvalue weighted by Gasteiger charge is 2.45. The van der Waals surface area contributed by atoms with Crippen LogP contribution in [-0.2, 0) is 0 Å². The lowest BCUT2D eigenvalue weighted by molar-refractivity contribution is -0.114. The lowest BCUT2D eigenvalue weighted by Gasteiger charge is -2.39. The maximum Gasteiger partial charge on any atom is 0.248 e. The molecule has 1 aliphatic carbocycles. The summed E-state index contributed by atoms with van der Waals surface area (Å²) < 4.78 is 52.2. The van der Waals surface area contributed by atoms with Crippen LogP contribution in [0.5, 0.6) is 0 Å². The van der Waals surface area contributed by atoms with E-state index in [2.05, 4.69) is 0 Å². The third kappa shape index (κ3) is 7.17. The standard InChI is InChI=1S/C11H18F4.2C2H6/c1-7-6-11(14,15)5-4-9(7)8(2)10(3,12)13;2*1-2/h7-9H,4-6H2,1-3H3;2*1-2H3. The van der Waals surface area contributed by atoms with Crippen molar-refractivity contribution in [1.29, 1.82) is 0 Å². The van der Waals surface area contributed by atoms with Gasteiger partial charge in [0.25, 0.3) is 0 Å². The van der Waals surface area contributed by atoms with Crippen molar-refractivity contribution in [2.45, 2.75) is 79.6 Å². The summed E-state index contributed by atoms with van der Waals surface area (Å²) in [6.07, 6.45) is -0.292. The van der Waals surface area contributed by atoms with E-state index in [-0.39, 0.29) is 31.1 Å². The molecule has 0 heterocycles. The molecule has 3 unspecified atom stereocenters. The first-order valence-electron chi connectivity index (χ1n) is 7.39. The predicted molar refractivity (Wildman–Crippen MR) is 73.9 cm³/mol. The minimum Gasteiger partial charge on any atom is -0.207 e. The second kappa shape index (κ2) is 8.80. The van der Waals surface area contributed by atoms with Gasteiger partial charge in [0.15, 0.2) is 0 Å². The molecule has 0 N–H and O–H groups in total. The van der Waals surface area contributed by atoms with Gasteiger partial charge in [-0.05, 0) is 25.2 Å². The van der Waals surface area contributed by atoms with Gasteiger partial charge in [0.2, 0.25) is 11.8 Å². The van der Waals surface area contributed by atoms with Gasteiger partial charge in [0, 0.05) is 18.8 Å². The molecule has 0 amide bonds. The molecule has 0 aliphatic heterocycles. The van der Waals surface area contributed by atoms with E-state index in [1.165, 1.54) is 6.92 Å². The first-order chi connectivity index (χ1) is 8.63. The summed E-state index contributed by atoms with van der Waals surface area (Å²) in [4.78, 5) is 0. The molecule has 118 valence electrons. The molecule has 0 bridgehead atoms. The van der Waals surface area contributed by atoms with Gasteiger partial charge in [-0.3, -0.25) is 0 Å². The molecule has 0 aromatic carbocycles. The van der Waals surface area contributed by atoms with E-state index >= 15 is 0 Å². The zero-order valence-corrected chi connectivity index (χ0v) is 13.4. The number of alkyl halides is 4. The molecule has 0 aromatic rings. The predicted octanol–water partition coefficient (Wildman–Crippen LogP) is 6.40. The van der Waals surface area contributed by atoms with Crippen LogP contribution in [0, 0.1) is 17.8 Å². The van der Waals surface area contributed by atoms with Crippen LogP contribution in [0.15, 0.2) is 0 Å². The largest absolute Gasteiger partial charge is 0.248 e. The quantitative estimate of drug-likeness (QED) is 0.515. The van der Waals surface area contributed by atoms with Crippen LogP contribution < -0.4 is 0 Å². The van der Waals surface area contributed by atoms with Crippen molar-refractivity contribution < 1.29 is 17.6 Å². The van der Waals surface area contributed by atoms with Gasteiger partial charge in [-0.2, -0.15) is 0 Å². The van der Waals surface area contributed by atoms with Crippen LogP contribution in [0.2, 0.25) is 0 Å². The van der Waals surface area contributed by atoms with Crippen LogP contribution in [0.25, 0.3) is 0 Å². The summed E-state index contributed by atoms with van der Waals surface area (Å²) in [5.74, 6) is -6.85. The van der Waals surface area contributed by atoms with Crippen molar-refractivity contribution in [2.24, 2.45) is 17.8 Å². The topological polar surface area (TPSA) is 0 Å². The average Bonchev–Trinajstić information content (AvgIpc) is 2.31. The van der Waals surface area contributed by atoms with E-state index in [1.54, 1.807) is 6.92 Å². The second-order valence-corrected chi connectivity index (χ2v) is 4.98. The second-order valence-electron chi connectivity index (χ2n) is 4.98. The summed E-state index contributed by atoms with van der Waals surface area (Å²) in [5, 5.41) is 0. The summed E-state index contributed by atoms with van der Waals surface area (Å²) in [7, 11) is 0. The van der Waals surface area contributed by atoms with Gasteiger partial charge < -0.3 is 0 Å². The van der Waals surface area contributed by atoms with Gasteiger partial charge in [-0.1, -0.05) is 41.5 Å². The van der Waals surface area contributed by atoms with Gasteiger partial charge in [0.1, 0.15) is 0 Å². The third-order valence-corrected chi connectivity index (χ3v) is 3.64. The summed E-state index contributed by atoms with van der Waals surface area (Å²) in [6.45, 7) is 12.0. The molecule has 19 heavy (non-hydrogen) atoms. The van der Waals surface area contributed by atoms with Gasteiger partial charge >= 0.3 is 0 Å². The molecule has 1 saturated carbocycles. The SMILES string of the molecule is CC.CC.CC1CC(F)(F)CCC1C(C)C(C)(F)F. The lowest BCUT2D eigenvalue weighted by Crippen LogP contribution is -2.39. The molecule has 4 heteroatoms. The molecule has 1 rings (SSSR count). The first kappa shape index (κ1) is 21.0. The van der Waals surface area contributed by atoms with E-state index in [0.29, 0.717) is 0 Å². The van der Waals surface area contributed by atoms with Crippen LogP contribution in [-0.4, -0.2) is 11.8 Å². The summed E-state index contributed by atoms with van der Waals surface area (Å²) in [6, 6.07) is 0. The van der Waals surface area contributed by atoms with Crippen molar-refractivity contribution in [2.75, 3.05) is 0 Å². The van der Waals surface area contributed by atoms with Crippen LogP contribution >= 0.6 is 0 Å². The molecular formula is C15H30F4. The first-order valence-corrected chi connectivity index (χ1v) is 7.39. The number of hydrogen-bond donors (Lipinski definition) is 0. The molecule has 0 nitrogen and oxygen atoms in total. The molecular weight excluding hydrogens is 256 g/mol. The van der Waals surface area contributed by atoms with Crippen molar-refractivity contribution >= 4 is 0 Å². The van der Waals surface area contributed by atoms with E-state index < -0.39 is 17.8 Å². The van der Waals surface area contributed by atoms with Gasteiger partial charge in [-0.15, -0.1) is 0 Å². The summed E-state index contributed by atoms with van der Waals surface area (Å²) >= 11 is 0. The Bertz CT molecular complexity index is 221. The number of rotatable bonds is 2. The van der Waals surface area contributed by atoms with Crippen molar-refractivity contribution in [3.05, 3.63) is 0 Å². The van der Waals surface area contributed by atoms with Crippen molar-refractivity contribution in [3.63, 3.8) is 0 Å². The Morgan fingerprint density at radius 3 is 1.84 bits per heavy atom. The Kier molecular flexibility index (Phi) is 9.74. The average molecular weight is 286 g/mol. The Morgan fingerprint density at radius 2 is 1.53 bits per heavy atom. The Labute approximate surface area is 116 Å². The molecule has 3 atom stereocenters. The third-order valence-electron chi connectivity index (χ3n) is 3.64. The highest BCUT2D eigenvalue weighted by atomic mass is 19.3. The molecule has 1 aliphatic rings. The van der Waals surface area contributed by atoms with Gasteiger partial charge in [-0.25, -0.2) is 17.6 Å². The molecule has 0 aromatic heterocycles. The smallest absolute Gasteiger partial charge is 0.207 e. The highest BCUT2D eigenvalue weighted by Crippen LogP contribution is 2.46. The number of halogens is 4. The Morgan fingerprint density at radius 1 is 1.11 bits per heavy atom. The van der Waals surface area contributed by atoms with E-state index in [9.17, 15) is 17.6 Å². The van der Waals surface area contributed by atoms with E-state index in [0.717, 1.165) is 6.92 Å². The monoisotopic (exact) mass is 286 g/mol. The van der Waals surface area contributed by atoms with Crippen LogP contribution in [0.1, 0.15) is 67.7 Å². The minimum absolute atomic E-state index is 0.207. The lowest BCUT2D eigenvalue weighted by atomic mass is 9.71. The maximum absolute atomic E-state index is 13.1. The summed E-state index contributed by atoms with van der Waals surface area (Å²) in [5.41, 5.74) is 0. The fraction of sp³-hybridized carbons (Fsp3) is 1.00. The van der Waals surface area contributed by atoms with Crippen LogP contribution in [0.4, 0.5) is 17.6 Å². The number of hydrogen-bond acceptors (Lipinski definition) is 0. The molecule has 0 saturated heterocycles. The minimum atomic E-state index is -2.77. The van der Waals surface area contributed by atoms with E-state index in [1.807, 2.05) is 27.7 Å².